The first-order valence-electron chi connectivity index (χ1n) is 7.47. The number of benzene rings is 2. The Labute approximate surface area is 163 Å². The zero-order valence-electron chi connectivity index (χ0n) is 14.0. The van der Waals surface area contributed by atoms with Crippen molar-refractivity contribution in [1.29, 1.82) is 0 Å². The monoisotopic (exact) mass is 385 g/mol. The Hall–Kier alpha value is -1.20. The molecule has 0 saturated heterocycles. The Balaban J connectivity index is 0.00000264. The zero-order valence-corrected chi connectivity index (χ0v) is 16.5. The number of aliphatic imine (C=N–C) groups is 1. The molecule has 0 aromatic heterocycles. The van der Waals surface area contributed by atoms with E-state index in [9.17, 15) is 0 Å². The molecule has 2 aromatic carbocycles. The molecule has 0 atom stereocenters. The molecule has 0 aliphatic heterocycles. The van der Waals surface area contributed by atoms with Crippen molar-refractivity contribution in [3.63, 3.8) is 0 Å². The van der Waals surface area contributed by atoms with Gasteiger partial charge in [-0.3, -0.25) is 0 Å². The summed E-state index contributed by atoms with van der Waals surface area (Å²) in [5, 5.41) is 0.719. The molecule has 0 amide bonds. The second-order valence-corrected chi connectivity index (χ2v) is 5.79. The van der Waals surface area contributed by atoms with E-state index in [-0.39, 0.29) is 24.8 Å². The van der Waals surface area contributed by atoms with Crippen molar-refractivity contribution in [2.75, 3.05) is 32.1 Å². The smallest absolute Gasteiger partial charge is 0.165 e. The number of thiol groups is 1. The van der Waals surface area contributed by atoms with Gasteiger partial charge in [0.2, 0.25) is 0 Å². The third-order valence-corrected chi connectivity index (χ3v) is 3.62. The predicted molar refractivity (Wildman–Crippen MR) is 114 cm³/mol. The lowest BCUT2D eigenvalue weighted by Gasteiger charge is -2.24. The highest BCUT2D eigenvalue weighted by molar-refractivity contribution is 7.97. The summed E-state index contributed by atoms with van der Waals surface area (Å²) in [5.74, 6) is 0. The van der Waals surface area contributed by atoms with Gasteiger partial charge in [-0.05, 0) is 51.3 Å². The van der Waals surface area contributed by atoms with Crippen LogP contribution in [0.15, 0.2) is 65.7 Å². The topological polar surface area (TPSA) is 18.8 Å². The van der Waals surface area contributed by atoms with Crippen LogP contribution in [0.1, 0.15) is 6.42 Å². The molecule has 0 bridgehead atoms. The highest BCUT2D eigenvalue weighted by Crippen LogP contribution is 2.19. The van der Waals surface area contributed by atoms with E-state index < -0.39 is 0 Å². The van der Waals surface area contributed by atoms with E-state index in [0.717, 1.165) is 36.1 Å². The van der Waals surface area contributed by atoms with Crippen LogP contribution in [-0.4, -0.2) is 37.3 Å². The van der Waals surface area contributed by atoms with Gasteiger partial charge >= 0.3 is 0 Å². The quantitative estimate of drug-likeness (QED) is 0.432. The minimum atomic E-state index is 0. The molecule has 0 N–H and O–H groups in total. The lowest BCUT2D eigenvalue weighted by atomic mass is 10.2. The van der Waals surface area contributed by atoms with E-state index >= 15 is 0 Å². The highest BCUT2D eigenvalue weighted by atomic mass is 35.5. The third-order valence-electron chi connectivity index (χ3n) is 3.28. The van der Waals surface area contributed by atoms with Gasteiger partial charge in [0, 0.05) is 12.2 Å². The van der Waals surface area contributed by atoms with Gasteiger partial charge in [0.25, 0.3) is 0 Å². The maximum Gasteiger partial charge on any atom is 0.165 e. The number of nitrogens with zero attached hydrogens (tertiary/aromatic N) is 3. The van der Waals surface area contributed by atoms with Crippen LogP contribution in [0, 0.1) is 0 Å². The molecule has 2 rings (SSSR count). The summed E-state index contributed by atoms with van der Waals surface area (Å²) < 4.78 is 0. The normalized spacial score (nSPS) is 10.8. The van der Waals surface area contributed by atoms with Gasteiger partial charge in [0.15, 0.2) is 5.17 Å². The average Bonchev–Trinajstić information content (AvgIpc) is 2.53. The van der Waals surface area contributed by atoms with Crippen LogP contribution < -0.4 is 4.90 Å². The molecule has 0 spiro atoms. The van der Waals surface area contributed by atoms with Crippen molar-refractivity contribution in [2.24, 2.45) is 4.99 Å². The molecule has 2 aromatic rings. The summed E-state index contributed by atoms with van der Waals surface area (Å²) in [5.41, 5.74) is 2.03. The van der Waals surface area contributed by atoms with E-state index in [1.54, 1.807) is 0 Å². The third kappa shape index (κ3) is 7.58. The second-order valence-electron chi connectivity index (χ2n) is 5.39. The number of halogens is 2. The van der Waals surface area contributed by atoms with Crippen molar-refractivity contribution < 1.29 is 0 Å². The molecular formula is C18H25Cl2N3S. The standard InChI is InChI=1S/C18H23N3S.2ClH/c1-20(2)14-9-15-21(17-12-7-4-8-13-17)18(22)19-16-10-5-3-6-11-16;;/h3-8,10-13H,9,14-15H2,1-2H3,(H,19,22);2*1H. The molecule has 0 heterocycles. The van der Waals surface area contributed by atoms with Crippen LogP contribution in [-0.2, 0) is 0 Å². The van der Waals surface area contributed by atoms with E-state index in [0.29, 0.717) is 0 Å². The molecule has 0 aliphatic carbocycles. The summed E-state index contributed by atoms with van der Waals surface area (Å²) in [6.45, 7) is 1.92. The maximum absolute atomic E-state index is 4.63. The van der Waals surface area contributed by atoms with Crippen molar-refractivity contribution in [3.8, 4) is 0 Å². The SMILES string of the molecule is CN(C)CCCN(C(S)=Nc1ccccc1)c1ccccc1.Cl.Cl. The van der Waals surface area contributed by atoms with Gasteiger partial charge in [-0.25, -0.2) is 4.99 Å². The summed E-state index contributed by atoms with van der Waals surface area (Å²) in [4.78, 5) is 8.97. The van der Waals surface area contributed by atoms with Gasteiger partial charge in [-0.2, -0.15) is 0 Å². The number of amidine groups is 1. The van der Waals surface area contributed by atoms with Crippen LogP contribution in [0.3, 0.4) is 0 Å². The van der Waals surface area contributed by atoms with Gasteiger partial charge in [-0.1, -0.05) is 36.4 Å². The minimum Gasteiger partial charge on any atom is -0.321 e. The van der Waals surface area contributed by atoms with Crippen molar-refractivity contribution in [3.05, 3.63) is 60.7 Å². The van der Waals surface area contributed by atoms with Crippen LogP contribution >= 0.6 is 37.4 Å². The minimum absolute atomic E-state index is 0. The predicted octanol–water partition coefficient (Wildman–Crippen LogP) is 4.91. The molecular weight excluding hydrogens is 361 g/mol. The number of hydrogen-bond donors (Lipinski definition) is 1. The van der Waals surface area contributed by atoms with E-state index in [1.807, 2.05) is 48.5 Å². The largest absolute Gasteiger partial charge is 0.321 e. The summed E-state index contributed by atoms with van der Waals surface area (Å²) >= 11 is 4.63. The van der Waals surface area contributed by atoms with Crippen molar-refractivity contribution in [2.45, 2.75) is 6.42 Å². The summed E-state index contributed by atoms with van der Waals surface area (Å²) in [7, 11) is 4.18. The van der Waals surface area contributed by atoms with Crippen LogP contribution in [0.5, 0.6) is 0 Å². The number of anilines is 1. The zero-order chi connectivity index (χ0) is 15.8. The number of para-hydroxylation sites is 2. The molecule has 3 nitrogen and oxygen atoms in total. The van der Waals surface area contributed by atoms with Gasteiger partial charge in [0.05, 0.1) is 5.69 Å². The fraction of sp³-hybridized carbons (Fsp3) is 0.278. The molecule has 0 saturated carbocycles. The first-order chi connectivity index (χ1) is 10.7. The fourth-order valence-electron chi connectivity index (χ4n) is 2.18. The second kappa shape index (κ2) is 12.2. The average molecular weight is 386 g/mol. The fourth-order valence-corrected chi connectivity index (χ4v) is 2.51. The van der Waals surface area contributed by atoms with E-state index in [1.165, 1.54) is 0 Å². The Bertz CT molecular complexity index is 592. The van der Waals surface area contributed by atoms with Crippen molar-refractivity contribution >= 4 is 54.0 Å². The lowest BCUT2D eigenvalue weighted by Crippen LogP contribution is -2.30. The molecule has 0 unspecified atom stereocenters. The summed E-state index contributed by atoms with van der Waals surface area (Å²) in [6.07, 6.45) is 1.05. The Morgan fingerprint density at radius 1 is 0.875 bits per heavy atom. The Morgan fingerprint density at radius 3 is 1.96 bits per heavy atom. The van der Waals surface area contributed by atoms with E-state index in [4.69, 9.17) is 0 Å². The molecule has 0 fully saturated rings. The molecule has 132 valence electrons. The van der Waals surface area contributed by atoms with Crippen LogP contribution in [0.25, 0.3) is 0 Å². The molecule has 24 heavy (non-hydrogen) atoms. The Morgan fingerprint density at radius 2 is 1.42 bits per heavy atom. The molecule has 0 aliphatic rings. The summed E-state index contributed by atoms with van der Waals surface area (Å²) in [6, 6.07) is 20.2. The van der Waals surface area contributed by atoms with Gasteiger partial charge in [-0.15, -0.1) is 37.4 Å². The van der Waals surface area contributed by atoms with Crippen LogP contribution in [0.4, 0.5) is 11.4 Å². The molecule has 6 heteroatoms. The molecule has 0 radical (unpaired) electrons. The van der Waals surface area contributed by atoms with Gasteiger partial charge in [0.1, 0.15) is 0 Å². The maximum atomic E-state index is 4.63. The first kappa shape index (κ1) is 22.8. The number of rotatable bonds is 6. The first-order valence-corrected chi connectivity index (χ1v) is 7.91. The highest BCUT2D eigenvalue weighted by Gasteiger charge is 2.10. The van der Waals surface area contributed by atoms with Crippen molar-refractivity contribution in [1.82, 2.24) is 4.90 Å². The Kier molecular flexibility index (Phi) is 11.6. The number of hydrogen-bond acceptors (Lipinski definition) is 2. The van der Waals surface area contributed by atoms with Crippen LogP contribution in [0.2, 0.25) is 0 Å². The van der Waals surface area contributed by atoms with E-state index in [2.05, 4.69) is 53.6 Å². The van der Waals surface area contributed by atoms with Gasteiger partial charge < -0.3 is 9.80 Å². The lowest BCUT2D eigenvalue weighted by molar-refractivity contribution is 0.403.